The molecule has 1 heterocycles. The Kier molecular flexibility index (Phi) is 6.08. The Hall–Kier alpha value is -1.46. The number of hydrogen-bond donors (Lipinski definition) is 1. The molecule has 0 bridgehead atoms. The quantitative estimate of drug-likeness (QED) is 0.920. The largest absolute Gasteiger partial charge is 0.496 e. The van der Waals surface area contributed by atoms with Gasteiger partial charge in [-0.2, -0.15) is 0 Å². The molecule has 1 aromatic rings. The molecule has 0 saturated carbocycles. The van der Waals surface area contributed by atoms with E-state index < -0.39 is 0 Å². The molecular weight excluding hydrogens is 304 g/mol. The smallest absolute Gasteiger partial charge is 0.254 e. The zero-order chi connectivity index (χ0) is 15.6. The van der Waals surface area contributed by atoms with Gasteiger partial charge in [-0.15, -0.1) is 12.4 Å². The van der Waals surface area contributed by atoms with Crippen LogP contribution in [0.4, 0.5) is 0 Å². The molecule has 5 nitrogen and oxygen atoms in total. The highest BCUT2D eigenvalue weighted by atomic mass is 35.5. The number of amides is 1. The lowest BCUT2D eigenvalue weighted by molar-refractivity contribution is 0.0776. The van der Waals surface area contributed by atoms with Crippen LogP contribution in [-0.4, -0.2) is 44.7 Å². The number of benzene rings is 1. The van der Waals surface area contributed by atoms with E-state index in [1.807, 2.05) is 11.8 Å². The molecule has 2 N–H and O–H groups in total. The van der Waals surface area contributed by atoms with Crippen LogP contribution in [0.2, 0.25) is 0 Å². The number of methoxy groups -OCH3 is 2. The third kappa shape index (κ3) is 3.47. The van der Waals surface area contributed by atoms with Crippen molar-refractivity contribution in [2.45, 2.75) is 20.3 Å². The maximum absolute atomic E-state index is 12.7. The van der Waals surface area contributed by atoms with Crippen LogP contribution in [0.3, 0.4) is 0 Å². The van der Waals surface area contributed by atoms with Crippen molar-refractivity contribution in [2.75, 3.05) is 33.9 Å². The lowest BCUT2D eigenvalue weighted by Gasteiger charge is -2.23. The molecule has 1 unspecified atom stereocenters. The van der Waals surface area contributed by atoms with Gasteiger partial charge in [0, 0.05) is 24.2 Å². The zero-order valence-electron chi connectivity index (χ0n) is 13.6. The van der Waals surface area contributed by atoms with Crippen molar-refractivity contribution in [2.24, 2.45) is 11.1 Å². The van der Waals surface area contributed by atoms with Crippen LogP contribution in [-0.2, 0) is 0 Å². The monoisotopic (exact) mass is 328 g/mol. The van der Waals surface area contributed by atoms with Gasteiger partial charge in [-0.3, -0.25) is 4.79 Å². The summed E-state index contributed by atoms with van der Waals surface area (Å²) in [6.07, 6.45) is 0.940. The minimum absolute atomic E-state index is 0. The number of ether oxygens (including phenoxy) is 2. The second kappa shape index (κ2) is 7.20. The number of halogens is 1. The van der Waals surface area contributed by atoms with Crippen LogP contribution < -0.4 is 15.2 Å². The van der Waals surface area contributed by atoms with Crippen molar-refractivity contribution in [3.8, 4) is 11.5 Å². The van der Waals surface area contributed by atoms with Crippen molar-refractivity contribution in [3.63, 3.8) is 0 Å². The number of carbonyl (C=O) groups is 1. The van der Waals surface area contributed by atoms with Gasteiger partial charge in [0.1, 0.15) is 11.5 Å². The molecule has 22 heavy (non-hydrogen) atoms. The first-order chi connectivity index (χ1) is 9.94. The van der Waals surface area contributed by atoms with E-state index in [0.717, 1.165) is 18.5 Å². The van der Waals surface area contributed by atoms with Crippen LogP contribution in [0.15, 0.2) is 12.1 Å². The second-order valence-electron chi connectivity index (χ2n) is 6.00. The van der Waals surface area contributed by atoms with Gasteiger partial charge < -0.3 is 20.1 Å². The first-order valence-electron chi connectivity index (χ1n) is 7.16. The van der Waals surface area contributed by atoms with E-state index >= 15 is 0 Å². The predicted molar refractivity (Wildman–Crippen MR) is 89.2 cm³/mol. The van der Waals surface area contributed by atoms with E-state index in [1.54, 1.807) is 26.4 Å². The maximum atomic E-state index is 12.7. The van der Waals surface area contributed by atoms with Crippen LogP contribution in [0.25, 0.3) is 0 Å². The van der Waals surface area contributed by atoms with Crippen LogP contribution in [0.5, 0.6) is 11.5 Å². The highest BCUT2D eigenvalue weighted by Crippen LogP contribution is 2.33. The Morgan fingerprint density at radius 3 is 2.27 bits per heavy atom. The molecule has 1 saturated heterocycles. The molecule has 0 aliphatic carbocycles. The van der Waals surface area contributed by atoms with Crippen LogP contribution >= 0.6 is 12.4 Å². The fourth-order valence-electron chi connectivity index (χ4n) is 2.76. The van der Waals surface area contributed by atoms with E-state index in [-0.39, 0.29) is 23.7 Å². The zero-order valence-corrected chi connectivity index (χ0v) is 14.5. The third-order valence-electron chi connectivity index (χ3n) is 4.34. The molecule has 1 aliphatic rings. The highest BCUT2D eigenvalue weighted by molar-refractivity contribution is 5.95. The molecule has 0 spiro atoms. The minimum atomic E-state index is 0. The molecule has 2 rings (SSSR count). The molecule has 124 valence electrons. The Morgan fingerprint density at radius 2 is 1.86 bits per heavy atom. The van der Waals surface area contributed by atoms with Crippen molar-refractivity contribution < 1.29 is 14.3 Å². The van der Waals surface area contributed by atoms with E-state index in [2.05, 4.69) is 6.92 Å². The van der Waals surface area contributed by atoms with Crippen molar-refractivity contribution >= 4 is 18.3 Å². The maximum Gasteiger partial charge on any atom is 0.254 e. The molecule has 1 aromatic carbocycles. The predicted octanol–water partition coefficient (Wildman–Crippen LogP) is 2.24. The minimum Gasteiger partial charge on any atom is -0.496 e. The van der Waals surface area contributed by atoms with E-state index in [0.29, 0.717) is 30.2 Å². The van der Waals surface area contributed by atoms with Gasteiger partial charge in [-0.1, -0.05) is 6.92 Å². The fourth-order valence-corrected chi connectivity index (χ4v) is 2.76. The van der Waals surface area contributed by atoms with Gasteiger partial charge in [0.2, 0.25) is 0 Å². The molecule has 0 aromatic heterocycles. The Bertz CT molecular complexity index is 525. The molecule has 1 aliphatic heterocycles. The SMILES string of the molecule is COc1cc(C(=O)N2CCC(C)(CN)C2)cc(OC)c1C.Cl. The Balaban J connectivity index is 0.00000242. The molecule has 1 atom stereocenters. The summed E-state index contributed by atoms with van der Waals surface area (Å²) >= 11 is 0. The van der Waals surface area contributed by atoms with E-state index in [9.17, 15) is 4.79 Å². The summed E-state index contributed by atoms with van der Waals surface area (Å²) in [5.74, 6) is 1.33. The lowest BCUT2D eigenvalue weighted by atomic mass is 9.90. The molecule has 0 radical (unpaired) electrons. The fraction of sp³-hybridized carbons (Fsp3) is 0.562. The molecule has 1 amide bonds. The highest BCUT2D eigenvalue weighted by Gasteiger charge is 2.35. The van der Waals surface area contributed by atoms with Gasteiger partial charge in [0.25, 0.3) is 5.91 Å². The van der Waals surface area contributed by atoms with Gasteiger partial charge in [-0.05, 0) is 37.4 Å². The standard InChI is InChI=1S/C16H24N2O3.ClH/c1-11-13(20-3)7-12(8-14(11)21-4)15(19)18-6-5-16(2,9-17)10-18;/h7-8H,5-6,9-10,17H2,1-4H3;1H. The number of carbonyl (C=O) groups excluding carboxylic acids is 1. The first-order valence-corrected chi connectivity index (χ1v) is 7.16. The van der Waals surface area contributed by atoms with Crippen molar-refractivity contribution in [1.82, 2.24) is 4.90 Å². The van der Waals surface area contributed by atoms with Crippen LogP contribution in [0.1, 0.15) is 29.3 Å². The van der Waals surface area contributed by atoms with Gasteiger partial charge in [-0.25, -0.2) is 0 Å². The summed E-state index contributed by atoms with van der Waals surface area (Å²) < 4.78 is 10.7. The normalized spacial score (nSPS) is 20.5. The Labute approximate surface area is 138 Å². The summed E-state index contributed by atoms with van der Waals surface area (Å²) in [6, 6.07) is 3.55. The molecule has 6 heteroatoms. The van der Waals surface area contributed by atoms with Gasteiger partial charge in [0.05, 0.1) is 14.2 Å². The topological polar surface area (TPSA) is 64.8 Å². The number of rotatable bonds is 4. The van der Waals surface area contributed by atoms with Crippen molar-refractivity contribution in [3.05, 3.63) is 23.3 Å². The first kappa shape index (κ1) is 18.6. The average Bonchev–Trinajstić information content (AvgIpc) is 2.90. The van der Waals surface area contributed by atoms with Crippen molar-refractivity contribution in [1.29, 1.82) is 0 Å². The molecule has 1 fully saturated rings. The number of likely N-dealkylation sites (tertiary alicyclic amines) is 1. The van der Waals surface area contributed by atoms with Gasteiger partial charge >= 0.3 is 0 Å². The van der Waals surface area contributed by atoms with E-state index in [1.165, 1.54) is 0 Å². The molecular formula is C16H25ClN2O3. The second-order valence-corrected chi connectivity index (χ2v) is 6.00. The summed E-state index contributed by atoms with van der Waals surface area (Å²) in [7, 11) is 3.19. The number of nitrogens with two attached hydrogens (primary N) is 1. The summed E-state index contributed by atoms with van der Waals surface area (Å²) in [5.41, 5.74) is 7.31. The van der Waals surface area contributed by atoms with Gasteiger partial charge in [0.15, 0.2) is 0 Å². The summed E-state index contributed by atoms with van der Waals surface area (Å²) in [6.45, 7) is 6.06. The summed E-state index contributed by atoms with van der Waals surface area (Å²) in [4.78, 5) is 14.5. The Morgan fingerprint density at radius 1 is 1.32 bits per heavy atom. The van der Waals surface area contributed by atoms with Crippen LogP contribution in [0, 0.1) is 12.3 Å². The number of hydrogen-bond acceptors (Lipinski definition) is 4. The number of nitrogens with zero attached hydrogens (tertiary/aromatic N) is 1. The third-order valence-corrected chi connectivity index (χ3v) is 4.34. The van der Waals surface area contributed by atoms with E-state index in [4.69, 9.17) is 15.2 Å². The summed E-state index contributed by atoms with van der Waals surface area (Å²) in [5, 5.41) is 0. The average molecular weight is 329 g/mol. The lowest BCUT2D eigenvalue weighted by Crippen LogP contribution is -2.34.